The third kappa shape index (κ3) is 2.97. The van der Waals surface area contributed by atoms with Crippen LogP contribution in [0, 0.1) is 0 Å². The number of hydrogen-bond acceptors (Lipinski definition) is 3. The van der Waals surface area contributed by atoms with Gasteiger partial charge in [-0.05, 0) is 31.0 Å². The van der Waals surface area contributed by atoms with Crippen LogP contribution in [0.1, 0.15) is 36.9 Å². The van der Waals surface area contributed by atoms with E-state index in [9.17, 15) is 5.11 Å². The Labute approximate surface area is 124 Å². The molecule has 0 aliphatic rings. The molecule has 2 rings (SSSR count). The van der Waals surface area contributed by atoms with E-state index in [0.717, 1.165) is 29.9 Å². The zero-order chi connectivity index (χ0) is 14.7. The van der Waals surface area contributed by atoms with Crippen LogP contribution >= 0.6 is 11.6 Å². The molecule has 3 N–H and O–H groups in total. The average molecular weight is 294 g/mol. The van der Waals surface area contributed by atoms with Gasteiger partial charge in [0.15, 0.2) is 0 Å². The normalized spacial score (nSPS) is 12.6. The third-order valence-corrected chi connectivity index (χ3v) is 3.84. The van der Waals surface area contributed by atoms with Crippen LogP contribution in [-0.4, -0.2) is 14.9 Å². The van der Waals surface area contributed by atoms with Crippen molar-refractivity contribution < 1.29 is 5.11 Å². The van der Waals surface area contributed by atoms with Crippen molar-refractivity contribution in [3.63, 3.8) is 0 Å². The fourth-order valence-corrected chi connectivity index (χ4v) is 2.58. The fourth-order valence-electron chi connectivity index (χ4n) is 2.23. The summed E-state index contributed by atoms with van der Waals surface area (Å²) < 4.78 is 1.86. The van der Waals surface area contributed by atoms with Crippen molar-refractivity contribution in [2.24, 2.45) is 0 Å². The van der Waals surface area contributed by atoms with Gasteiger partial charge in [0.25, 0.3) is 0 Å². The van der Waals surface area contributed by atoms with Crippen LogP contribution in [0.25, 0.3) is 0 Å². The van der Waals surface area contributed by atoms with Crippen LogP contribution in [0.5, 0.6) is 0 Å². The maximum atomic E-state index is 10.4. The van der Waals surface area contributed by atoms with Crippen molar-refractivity contribution >= 4 is 17.3 Å². The molecule has 0 aliphatic carbocycles. The van der Waals surface area contributed by atoms with Gasteiger partial charge in [0.05, 0.1) is 22.5 Å². The summed E-state index contributed by atoms with van der Waals surface area (Å²) in [6.45, 7) is 4.78. The summed E-state index contributed by atoms with van der Waals surface area (Å²) in [5.41, 5.74) is 8.94. The predicted molar refractivity (Wildman–Crippen MR) is 81.8 cm³/mol. The highest BCUT2D eigenvalue weighted by Gasteiger charge is 2.18. The maximum Gasteiger partial charge on any atom is 0.0851 e. The Morgan fingerprint density at radius 1 is 1.30 bits per heavy atom. The lowest BCUT2D eigenvalue weighted by Gasteiger charge is -2.12. The summed E-state index contributed by atoms with van der Waals surface area (Å²) in [4.78, 5) is 0. The number of aliphatic hydroxyl groups excluding tert-OH is 1. The van der Waals surface area contributed by atoms with E-state index in [2.05, 4.69) is 5.10 Å². The lowest BCUT2D eigenvalue weighted by Crippen LogP contribution is -2.09. The van der Waals surface area contributed by atoms with Gasteiger partial charge >= 0.3 is 0 Å². The van der Waals surface area contributed by atoms with Gasteiger partial charge in [0.2, 0.25) is 0 Å². The number of anilines is 1. The van der Waals surface area contributed by atoms with Gasteiger partial charge in [0, 0.05) is 18.7 Å². The van der Waals surface area contributed by atoms with Crippen LogP contribution < -0.4 is 5.73 Å². The van der Waals surface area contributed by atoms with E-state index in [-0.39, 0.29) is 0 Å². The molecule has 0 aliphatic heterocycles. The Morgan fingerprint density at radius 3 is 2.50 bits per heavy atom. The monoisotopic (exact) mass is 293 g/mol. The van der Waals surface area contributed by atoms with E-state index in [0.29, 0.717) is 17.1 Å². The van der Waals surface area contributed by atoms with Gasteiger partial charge in [0.1, 0.15) is 0 Å². The first-order valence-electron chi connectivity index (χ1n) is 6.84. The van der Waals surface area contributed by atoms with Gasteiger partial charge in [-0.15, -0.1) is 0 Å². The topological polar surface area (TPSA) is 64.1 Å². The van der Waals surface area contributed by atoms with Crippen molar-refractivity contribution in [1.82, 2.24) is 9.78 Å². The molecular weight excluding hydrogens is 274 g/mol. The largest absolute Gasteiger partial charge is 0.399 e. The first kappa shape index (κ1) is 14.9. The maximum absolute atomic E-state index is 10.4. The number of benzene rings is 1. The summed E-state index contributed by atoms with van der Waals surface area (Å²) >= 11 is 6.35. The van der Waals surface area contributed by atoms with Crippen LogP contribution in [0.2, 0.25) is 5.02 Å². The number of nitrogen functional groups attached to an aromatic ring is 1. The summed E-state index contributed by atoms with van der Waals surface area (Å²) in [5.74, 6) is 0. The lowest BCUT2D eigenvalue weighted by molar-refractivity contribution is 0.175. The Bertz CT molecular complexity index is 578. The van der Waals surface area contributed by atoms with Crippen LogP contribution in [0.3, 0.4) is 0 Å². The number of hydrogen-bond donors (Lipinski definition) is 2. The zero-order valence-corrected chi connectivity index (χ0v) is 12.6. The molecule has 1 aromatic carbocycles. The van der Waals surface area contributed by atoms with Crippen LogP contribution in [0.15, 0.2) is 24.3 Å². The SMILES string of the molecule is CCc1nn(CC)c(CC(O)c2ccc(N)cc2)c1Cl. The molecule has 2 aromatic rings. The Balaban J connectivity index is 2.25. The molecule has 1 atom stereocenters. The average Bonchev–Trinajstić information content (AvgIpc) is 2.76. The first-order chi connectivity index (χ1) is 9.56. The van der Waals surface area contributed by atoms with Gasteiger partial charge in [-0.25, -0.2) is 0 Å². The minimum atomic E-state index is -0.611. The number of rotatable bonds is 5. The molecule has 20 heavy (non-hydrogen) atoms. The van der Waals surface area contributed by atoms with Crippen molar-refractivity contribution in [2.45, 2.75) is 39.3 Å². The minimum absolute atomic E-state index is 0.448. The molecule has 0 amide bonds. The smallest absolute Gasteiger partial charge is 0.0851 e. The molecule has 0 fully saturated rings. The molecule has 1 unspecified atom stereocenters. The number of halogens is 1. The van der Waals surface area contributed by atoms with E-state index in [1.807, 2.05) is 30.7 Å². The number of aryl methyl sites for hydroxylation is 2. The highest BCUT2D eigenvalue weighted by atomic mass is 35.5. The number of aromatic nitrogens is 2. The van der Waals surface area contributed by atoms with Crippen molar-refractivity contribution in [3.8, 4) is 0 Å². The molecule has 1 aromatic heterocycles. The first-order valence-corrected chi connectivity index (χ1v) is 7.22. The van der Waals surface area contributed by atoms with E-state index in [4.69, 9.17) is 17.3 Å². The summed E-state index contributed by atoms with van der Waals surface area (Å²) in [6, 6.07) is 7.24. The van der Waals surface area contributed by atoms with Gasteiger partial charge < -0.3 is 10.8 Å². The third-order valence-electron chi connectivity index (χ3n) is 3.40. The highest BCUT2D eigenvalue weighted by molar-refractivity contribution is 6.31. The van der Waals surface area contributed by atoms with Crippen molar-refractivity contribution in [3.05, 3.63) is 46.2 Å². The molecular formula is C15H20ClN3O. The van der Waals surface area contributed by atoms with Gasteiger partial charge in [-0.2, -0.15) is 5.10 Å². The molecule has 0 radical (unpaired) electrons. The number of nitrogens with two attached hydrogens (primary N) is 1. The second-order valence-corrected chi connectivity index (χ2v) is 5.14. The number of aliphatic hydroxyl groups is 1. The van der Waals surface area contributed by atoms with E-state index < -0.39 is 6.10 Å². The fraction of sp³-hybridized carbons (Fsp3) is 0.400. The minimum Gasteiger partial charge on any atom is -0.399 e. The molecule has 4 nitrogen and oxygen atoms in total. The highest BCUT2D eigenvalue weighted by Crippen LogP contribution is 2.27. The van der Waals surface area contributed by atoms with Gasteiger partial charge in [-0.3, -0.25) is 4.68 Å². The molecule has 0 saturated carbocycles. The standard InChI is InChI=1S/C15H20ClN3O/c1-3-12-15(16)13(19(4-2)18-12)9-14(20)10-5-7-11(17)8-6-10/h5-8,14,20H,3-4,9,17H2,1-2H3. The van der Waals surface area contributed by atoms with Gasteiger partial charge in [-0.1, -0.05) is 30.7 Å². The molecule has 108 valence electrons. The quantitative estimate of drug-likeness (QED) is 0.833. The van der Waals surface area contributed by atoms with E-state index in [1.54, 1.807) is 12.1 Å². The summed E-state index contributed by atoms with van der Waals surface area (Å²) in [5, 5.41) is 15.5. The molecule has 0 bridgehead atoms. The van der Waals surface area contributed by atoms with Crippen LogP contribution in [-0.2, 0) is 19.4 Å². The van der Waals surface area contributed by atoms with Crippen LogP contribution in [0.4, 0.5) is 5.69 Å². The molecule has 0 saturated heterocycles. The van der Waals surface area contributed by atoms with Crippen molar-refractivity contribution in [2.75, 3.05) is 5.73 Å². The molecule has 1 heterocycles. The second kappa shape index (κ2) is 6.29. The second-order valence-electron chi connectivity index (χ2n) is 4.76. The molecule has 5 heteroatoms. The number of nitrogens with zero attached hydrogens (tertiary/aromatic N) is 2. The Hall–Kier alpha value is -1.52. The van der Waals surface area contributed by atoms with E-state index in [1.165, 1.54) is 0 Å². The Morgan fingerprint density at radius 2 is 1.95 bits per heavy atom. The molecule has 0 spiro atoms. The van der Waals surface area contributed by atoms with E-state index >= 15 is 0 Å². The zero-order valence-electron chi connectivity index (χ0n) is 11.8. The van der Waals surface area contributed by atoms with Crippen molar-refractivity contribution in [1.29, 1.82) is 0 Å². The summed E-state index contributed by atoms with van der Waals surface area (Å²) in [6.07, 6.45) is 0.625. The summed E-state index contributed by atoms with van der Waals surface area (Å²) in [7, 11) is 0. The lowest BCUT2D eigenvalue weighted by atomic mass is 10.0. The predicted octanol–water partition coefficient (Wildman–Crippen LogP) is 2.98. The Kier molecular flexibility index (Phi) is 4.68.